The summed E-state index contributed by atoms with van der Waals surface area (Å²) in [4.78, 5) is 18.1. The van der Waals surface area contributed by atoms with Crippen molar-refractivity contribution in [1.29, 1.82) is 0 Å². The molecule has 1 unspecified atom stereocenters. The summed E-state index contributed by atoms with van der Waals surface area (Å²) in [6, 6.07) is 3.20. The predicted molar refractivity (Wildman–Crippen MR) is 91.0 cm³/mol. The third-order valence-corrected chi connectivity index (χ3v) is 6.87. The van der Waals surface area contributed by atoms with Crippen LogP contribution in [0.3, 0.4) is 0 Å². The number of piperidine rings is 1. The first-order valence-electron chi connectivity index (χ1n) is 7.81. The van der Waals surface area contributed by atoms with Gasteiger partial charge in [-0.25, -0.2) is 18.1 Å². The van der Waals surface area contributed by atoms with Gasteiger partial charge < -0.3 is 9.47 Å². The zero-order valence-electron chi connectivity index (χ0n) is 13.2. The topological polar surface area (TPSA) is 84.3 Å². The number of rotatable bonds is 6. The number of nitrogens with zero attached hydrogens (tertiary/aromatic N) is 3. The van der Waals surface area contributed by atoms with Gasteiger partial charge in [-0.15, -0.1) is 11.3 Å². The molecule has 0 saturated carbocycles. The van der Waals surface area contributed by atoms with Crippen molar-refractivity contribution in [2.45, 2.75) is 23.6 Å². The third-order valence-electron chi connectivity index (χ3n) is 4.07. The minimum Gasteiger partial charge on any atom is -0.341 e. The van der Waals surface area contributed by atoms with Gasteiger partial charge in [0, 0.05) is 32.0 Å². The molecule has 1 amide bonds. The summed E-state index contributed by atoms with van der Waals surface area (Å²) in [6.07, 6.45) is 7.42. The standard InChI is InChI=1S/C15H20N4O3S2/c20-14(9-17-24(21,22)15-4-2-8-23-15)19-6-1-3-13(11-19)10-18-7-5-16-12-18/h2,4-5,7-8,12-13,17H,1,3,6,9-11H2. The van der Waals surface area contributed by atoms with Gasteiger partial charge in [0.05, 0.1) is 12.9 Å². The number of imidazole rings is 1. The number of hydrogen-bond donors (Lipinski definition) is 1. The molecular weight excluding hydrogens is 348 g/mol. The maximum absolute atomic E-state index is 12.3. The molecule has 1 atom stereocenters. The normalized spacial score (nSPS) is 18.7. The molecule has 2 aromatic heterocycles. The smallest absolute Gasteiger partial charge is 0.250 e. The number of nitrogens with one attached hydrogen (secondary N) is 1. The first-order valence-corrected chi connectivity index (χ1v) is 10.2. The van der Waals surface area contributed by atoms with Crippen molar-refractivity contribution in [3.63, 3.8) is 0 Å². The number of aromatic nitrogens is 2. The molecule has 3 heterocycles. The molecule has 1 saturated heterocycles. The van der Waals surface area contributed by atoms with Crippen LogP contribution in [0, 0.1) is 5.92 Å². The molecule has 7 nitrogen and oxygen atoms in total. The zero-order valence-corrected chi connectivity index (χ0v) is 14.8. The lowest BCUT2D eigenvalue weighted by atomic mass is 9.98. The van der Waals surface area contributed by atoms with Gasteiger partial charge in [0.15, 0.2) is 0 Å². The Bertz CT molecular complexity index is 757. The molecular formula is C15H20N4O3S2. The van der Waals surface area contributed by atoms with Crippen LogP contribution >= 0.6 is 11.3 Å². The van der Waals surface area contributed by atoms with E-state index in [9.17, 15) is 13.2 Å². The summed E-state index contributed by atoms with van der Waals surface area (Å²) in [6.45, 7) is 1.96. The summed E-state index contributed by atoms with van der Waals surface area (Å²) < 4.78 is 28.8. The predicted octanol–water partition coefficient (Wildman–Crippen LogP) is 1.16. The Balaban J connectivity index is 1.53. The first kappa shape index (κ1) is 17.1. The van der Waals surface area contributed by atoms with Crippen molar-refractivity contribution >= 4 is 27.3 Å². The maximum Gasteiger partial charge on any atom is 0.250 e. The average Bonchev–Trinajstić information content (AvgIpc) is 3.26. The van der Waals surface area contributed by atoms with Crippen LogP contribution in [0.2, 0.25) is 0 Å². The van der Waals surface area contributed by atoms with E-state index in [1.807, 2.05) is 10.8 Å². The largest absolute Gasteiger partial charge is 0.341 e. The highest BCUT2D eigenvalue weighted by Crippen LogP contribution is 2.19. The fourth-order valence-corrected chi connectivity index (χ4v) is 4.90. The first-order chi connectivity index (χ1) is 11.5. The molecule has 24 heavy (non-hydrogen) atoms. The second-order valence-electron chi connectivity index (χ2n) is 5.86. The lowest BCUT2D eigenvalue weighted by Gasteiger charge is -2.33. The van der Waals surface area contributed by atoms with Crippen LogP contribution in [0.4, 0.5) is 0 Å². The van der Waals surface area contributed by atoms with E-state index in [0.29, 0.717) is 19.0 Å². The number of likely N-dealkylation sites (tertiary alicyclic amines) is 1. The van der Waals surface area contributed by atoms with E-state index in [-0.39, 0.29) is 16.7 Å². The van der Waals surface area contributed by atoms with Crippen LogP contribution in [-0.4, -0.2) is 48.4 Å². The zero-order chi connectivity index (χ0) is 17.0. The lowest BCUT2D eigenvalue weighted by Crippen LogP contribution is -2.45. The van der Waals surface area contributed by atoms with Crippen molar-refractivity contribution in [3.8, 4) is 0 Å². The van der Waals surface area contributed by atoms with Gasteiger partial charge in [-0.2, -0.15) is 0 Å². The summed E-state index contributed by atoms with van der Waals surface area (Å²) in [5.41, 5.74) is 0. The third kappa shape index (κ3) is 4.22. The van der Waals surface area contributed by atoms with Crippen molar-refractivity contribution in [1.82, 2.24) is 19.2 Å². The van der Waals surface area contributed by atoms with E-state index < -0.39 is 10.0 Å². The van der Waals surface area contributed by atoms with Gasteiger partial charge in [0.1, 0.15) is 4.21 Å². The highest BCUT2D eigenvalue weighted by molar-refractivity contribution is 7.91. The van der Waals surface area contributed by atoms with Crippen molar-refractivity contribution < 1.29 is 13.2 Å². The van der Waals surface area contributed by atoms with E-state index in [4.69, 9.17) is 0 Å². The fraction of sp³-hybridized carbons (Fsp3) is 0.467. The van der Waals surface area contributed by atoms with Crippen LogP contribution in [0.1, 0.15) is 12.8 Å². The SMILES string of the molecule is O=C(CNS(=O)(=O)c1cccs1)N1CCCC(Cn2ccnc2)C1. The molecule has 0 aromatic carbocycles. The Labute approximate surface area is 145 Å². The Kier molecular flexibility index (Phi) is 5.32. The number of amides is 1. The van der Waals surface area contributed by atoms with Crippen LogP contribution in [0.15, 0.2) is 40.4 Å². The number of hydrogen-bond acceptors (Lipinski definition) is 5. The monoisotopic (exact) mass is 368 g/mol. The van der Waals surface area contributed by atoms with E-state index >= 15 is 0 Å². The molecule has 9 heteroatoms. The van der Waals surface area contributed by atoms with Crippen LogP contribution in [0.5, 0.6) is 0 Å². The van der Waals surface area contributed by atoms with Crippen molar-refractivity contribution in [2.24, 2.45) is 5.92 Å². The molecule has 0 spiro atoms. The minimum absolute atomic E-state index is 0.175. The van der Waals surface area contributed by atoms with Gasteiger partial charge >= 0.3 is 0 Å². The van der Waals surface area contributed by atoms with Gasteiger partial charge in [0.2, 0.25) is 5.91 Å². The van der Waals surface area contributed by atoms with Gasteiger partial charge in [-0.3, -0.25) is 4.79 Å². The molecule has 0 aliphatic carbocycles. The second kappa shape index (κ2) is 7.45. The Morgan fingerprint density at radius 1 is 1.46 bits per heavy atom. The molecule has 3 rings (SSSR count). The number of carbonyl (C=O) groups excluding carboxylic acids is 1. The average molecular weight is 368 g/mol. The van der Waals surface area contributed by atoms with Crippen LogP contribution in [-0.2, 0) is 21.4 Å². The van der Waals surface area contributed by atoms with Crippen molar-refractivity contribution in [3.05, 3.63) is 36.2 Å². The second-order valence-corrected chi connectivity index (χ2v) is 8.81. The number of thiophene rings is 1. The van der Waals surface area contributed by atoms with E-state index in [2.05, 4.69) is 9.71 Å². The molecule has 130 valence electrons. The fourth-order valence-electron chi connectivity index (χ4n) is 2.89. The summed E-state index contributed by atoms with van der Waals surface area (Å²) in [7, 11) is -3.60. The van der Waals surface area contributed by atoms with Gasteiger partial charge in [-0.1, -0.05) is 6.07 Å². The van der Waals surface area contributed by atoms with Gasteiger partial charge in [-0.05, 0) is 30.2 Å². The Morgan fingerprint density at radius 2 is 2.33 bits per heavy atom. The summed E-state index contributed by atoms with van der Waals surface area (Å²) in [5, 5.41) is 1.70. The van der Waals surface area contributed by atoms with Crippen LogP contribution in [0.25, 0.3) is 0 Å². The van der Waals surface area contributed by atoms with Crippen LogP contribution < -0.4 is 4.72 Å². The summed E-state index contributed by atoms with van der Waals surface area (Å²) in [5.74, 6) is 0.191. The molecule has 1 aliphatic rings. The molecule has 0 radical (unpaired) electrons. The minimum atomic E-state index is -3.60. The molecule has 0 bridgehead atoms. The summed E-state index contributed by atoms with van der Waals surface area (Å²) >= 11 is 1.14. The lowest BCUT2D eigenvalue weighted by molar-refractivity contribution is -0.131. The molecule has 1 fully saturated rings. The van der Waals surface area contributed by atoms with E-state index in [1.165, 1.54) is 6.07 Å². The highest BCUT2D eigenvalue weighted by atomic mass is 32.2. The highest BCUT2D eigenvalue weighted by Gasteiger charge is 2.25. The van der Waals surface area contributed by atoms with E-state index in [0.717, 1.165) is 30.7 Å². The molecule has 1 N–H and O–H groups in total. The Hall–Kier alpha value is -1.71. The van der Waals surface area contributed by atoms with E-state index in [1.54, 1.807) is 28.9 Å². The molecule has 2 aromatic rings. The Morgan fingerprint density at radius 3 is 3.04 bits per heavy atom. The number of sulfonamides is 1. The van der Waals surface area contributed by atoms with Crippen molar-refractivity contribution in [2.75, 3.05) is 19.6 Å². The van der Waals surface area contributed by atoms with Gasteiger partial charge in [0.25, 0.3) is 10.0 Å². The quantitative estimate of drug-likeness (QED) is 0.829. The maximum atomic E-state index is 12.3. The number of carbonyl (C=O) groups is 1. The molecule has 1 aliphatic heterocycles.